The maximum atomic E-state index is 13.3. The van der Waals surface area contributed by atoms with Crippen LogP contribution >= 0.6 is 0 Å². The number of rotatable bonds is 3. The summed E-state index contributed by atoms with van der Waals surface area (Å²) in [5.74, 6) is -0.223. The van der Waals surface area contributed by atoms with Gasteiger partial charge in [-0.15, -0.1) is 0 Å². The highest BCUT2D eigenvalue weighted by atomic mass is 19.1. The Morgan fingerprint density at radius 3 is 2.88 bits per heavy atom. The lowest BCUT2D eigenvalue weighted by Gasteiger charge is -2.26. The van der Waals surface area contributed by atoms with Gasteiger partial charge in [0.15, 0.2) is 0 Å². The van der Waals surface area contributed by atoms with E-state index in [1.807, 2.05) is 0 Å². The molecule has 0 saturated heterocycles. The van der Waals surface area contributed by atoms with Crippen LogP contribution in [0.15, 0.2) is 24.3 Å². The third-order valence-electron chi connectivity index (χ3n) is 3.03. The normalized spacial score (nSPS) is 25.6. The first kappa shape index (κ1) is 11.6. The molecule has 2 nitrogen and oxygen atoms in total. The van der Waals surface area contributed by atoms with Gasteiger partial charge in [0.1, 0.15) is 5.82 Å². The van der Waals surface area contributed by atoms with E-state index >= 15 is 0 Å². The summed E-state index contributed by atoms with van der Waals surface area (Å²) in [7, 11) is 0. The fourth-order valence-corrected chi connectivity index (χ4v) is 2.09. The third kappa shape index (κ3) is 3.03. The van der Waals surface area contributed by atoms with Crippen LogP contribution in [0.1, 0.15) is 31.2 Å². The average molecular weight is 224 g/mol. The third-order valence-corrected chi connectivity index (χ3v) is 3.03. The molecule has 0 spiro atoms. The first-order chi connectivity index (χ1) is 7.75. The van der Waals surface area contributed by atoms with Gasteiger partial charge in [0.2, 0.25) is 0 Å². The molecule has 0 amide bonds. The second-order valence-electron chi connectivity index (χ2n) is 4.34. The first-order valence-corrected chi connectivity index (χ1v) is 5.79. The zero-order valence-corrected chi connectivity index (χ0v) is 9.23. The lowest BCUT2D eigenvalue weighted by molar-refractivity contribution is -0.0236. The van der Waals surface area contributed by atoms with Crippen molar-refractivity contribution < 1.29 is 14.2 Å². The largest absolute Gasteiger partial charge is 0.393 e. The van der Waals surface area contributed by atoms with Gasteiger partial charge in [0.25, 0.3) is 0 Å². The molecule has 1 aliphatic rings. The molecule has 0 bridgehead atoms. The highest BCUT2D eigenvalue weighted by Crippen LogP contribution is 2.22. The Morgan fingerprint density at radius 2 is 2.12 bits per heavy atom. The molecule has 1 fully saturated rings. The van der Waals surface area contributed by atoms with Crippen molar-refractivity contribution in [3.63, 3.8) is 0 Å². The van der Waals surface area contributed by atoms with Crippen LogP contribution in [0.3, 0.4) is 0 Å². The van der Waals surface area contributed by atoms with E-state index in [2.05, 4.69) is 0 Å². The molecule has 1 aromatic carbocycles. The van der Waals surface area contributed by atoms with Crippen molar-refractivity contribution in [1.29, 1.82) is 0 Å². The summed E-state index contributed by atoms with van der Waals surface area (Å²) in [4.78, 5) is 0. The maximum Gasteiger partial charge on any atom is 0.128 e. The van der Waals surface area contributed by atoms with Gasteiger partial charge in [-0.2, -0.15) is 0 Å². The highest BCUT2D eigenvalue weighted by molar-refractivity contribution is 5.16. The first-order valence-electron chi connectivity index (χ1n) is 5.79. The highest BCUT2D eigenvalue weighted by Gasteiger charge is 2.20. The van der Waals surface area contributed by atoms with Gasteiger partial charge in [-0.3, -0.25) is 0 Å². The topological polar surface area (TPSA) is 29.5 Å². The molecule has 2 unspecified atom stereocenters. The van der Waals surface area contributed by atoms with Gasteiger partial charge in [0, 0.05) is 5.56 Å². The number of aliphatic hydroxyl groups is 1. The molecule has 0 aromatic heterocycles. The van der Waals surface area contributed by atoms with Gasteiger partial charge >= 0.3 is 0 Å². The molecular formula is C13H17FO2. The van der Waals surface area contributed by atoms with E-state index < -0.39 is 0 Å². The summed E-state index contributed by atoms with van der Waals surface area (Å²) in [6, 6.07) is 6.64. The van der Waals surface area contributed by atoms with Crippen molar-refractivity contribution in [3.05, 3.63) is 35.6 Å². The van der Waals surface area contributed by atoms with E-state index in [0.29, 0.717) is 18.6 Å². The molecule has 0 aliphatic heterocycles. The van der Waals surface area contributed by atoms with Crippen LogP contribution in [-0.4, -0.2) is 17.3 Å². The summed E-state index contributed by atoms with van der Waals surface area (Å²) in [6.45, 7) is 0.296. The van der Waals surface area contributed by atoms with Crippen LogP contribution < -0.4 is 0 Å². The Kier molecular flexibility index (Phi) is 3.91. The molecule has 16 heavy (non-hydrogen) atoms. The van der Waals surface area contributed by atoms with Crippen molar-refractivity contribution in [2.45, 2.75) is 44.5 Å². The summed E-state index contributed by atoms with van der Waals surface area (Å²) >= 11 is 0. The van der Waals surface area contributed by atoms with Crippen LogP contribution in [0.2, 0.25) is 0 Å². The Labute approximate surface area is 95.1 Å². The monoisotopic (exact) mass is 224 g/mol. The second kappa shape index (κ2) is 5.41. The SMILES string of the molecule is OC1CCCC(OCc2ccccc2F)C1. The molecule has 3 heteroatoms. The minimum Gasteiger partial charge on any atom is -0.393 e. The summed E-state index contributed by atoms with van der Waals surface area (Å²) in [5.41, 5.74) is 0.586. The summed E-state index contributed by atoms with van der Waals surface area (Å²) < 4.78 is 18.9. The van der Waals surface area contributed by atoms with Crippen molar-refractivity contribution in [3.8, 4) is 0 Å². The van der Waals surface area contributed by atoms with E-state index in [4.69, 9.17) is 4.74 Å². The molecule has 0 radical (unpaired) electrons. The Bertz CT molecular complexity index is 340. The standard InChI is InChI=1S/C13H17FO2/c14-13-7-2-1-4-10(13)9-16-12-6-3-5-11(15)8-12/h1-2,4,7,11-12,15H,3,5-6,8-9H2. The van der Waals surface area contributed by atoms with Crippen LogP contribution in [0.4, 0.5) is 4.39 Å². The molecule has 2 atom stereocenters. The van der Waals surface area contributed by atoms with Crippen molar-refractivity contribution in [1.82, 2.24) is 0 Å². The van der Waals surface area contributed by atoms with E-state index in [-0.39, 0.29) is 18.0 Å². The molecular weight excluding hydrogens is 207 g/mol. The van der Waals surface area contributed by atoms with Gasteiger partial charge in [-0.05, 0) is 31.7 Å². The Balaban J connectivity index is 1.85. The molecule has 2 rings (SSSR count). The fourth-order valence-electron chi connectivity index (χ4n) is 2.09. The lowest BCUT2D eigenvalue weighted by Crippen LogP contribution is -2.25. The minimum absolute atomic E-state index is 0.0726. The van der Waals surface area contributed by atoms with E-state index in [1.54, 1.807) is 18.2 Å². The van der Waals surface area contributed by atoms with Crippen LogP contribution in [0, 0.1) is 5.82 Å². The molecule has 1 saturated carbocycles. The van der Waals surface area contributed by atoms with Gasteiger partial charge in [-0.1, -0.05) is 18.2 Å². The number of halogens is 1. The molecule has 1 N–H and O–H groups in total. The predicted molar refractivity (Wildman–Crippen MR) is 59.5 cm³/mol. The van der Waals surface area contributed by atoms with Gasteiger partial charge in [0.05, 0.1) is 18.8 Å². The van der Waals surface area contributed by atoms with Crippen LogP contribution in [-0.2, 0) is 11.3 Å². The average Bonchev–Trinajstić information content (AvgIpc) is 2.28. The smallest absolute Gasteiger partial charge is 0.128 e. The van der Waals surface area contributed by atoms with Crippen LogP contribution in [0.5, 0.6) is 0 Å². The number of benzene rings is 1. The fraction of sp³-hybridized carbons (Fsp3) is 0.538. The van der Waals surface area contributed by atoms with Crippen molar-refractivity contribution in [2.24, 2.45) is 0 Å². The predicted octanol–water partition coefficient (Wildman–Crippen LogP) is 2.65. The quantitative estimate of drug-likeness (QED) is 0.855. The van der Waals surface area contributed by atoms with Crippen molar-refractivity contribution in [2.75, 3.05) is 0 Å². The molecule has 88 valence electrons. The number of ether oxygens (including phenoxy) is 1. The number of hydrogen-bond acceptors (Lipinski definition) is 2. The van der Waals surface area contributed by atoms with Crippen molar-refractivity contribution >= 4 is 0 Å². The minimum atomic E-state index is -0.251. The molecule has 1 aromatic rings. The molecule has 0 heterocycles. The Hall–Kier alpha value is -0.930. The maximum absolute atomic E-state index is 13.3. The van der Waals surface area contributed by atoms with E-state index in [1.165, 1.54) is 6.07 Å². The van der Waals surface area contributed by atoms with Gasteiger partial charge in [-0.25, -0.2) is 4.39 Å². The zero-order chi connectivity index (χ0) is 11.4. The lowest BCUT2D eigenvalue weighted by atomic mass is 9.95. The van der Waals surface area contributed by atoms with Gasteiger partial charge < -0.3 is 9.84 Å². The van der Waals surface area contributed by atoms with Crippen LogP contribution in [0.25, 0.3) is 0 Å². The summed E-state index contributed by atoms with van der Waals surface area (Å²) in [5, 5.41) is 9.48. The Morgan fingerprint density at radius 1 is 1.31 bits per heavy atom. The van der Waals surface area contributed by atoms with E-state index in [9.17, 15) is 9.50 Å². The number of aliphatic hydroxyl groups excluding tert-OH is 1. The molecule has 1 aliphatic carbocycles. The van der Waals surface area contributed by atoms with E-state index in [0.717, 1.165) is 19.3 Å². The summed E-state index contributed by atoms with van der Waals surface area (Å²) in [6.07, 6.45) is 3.31. The zero-order valence-electron chi connectivity index (χ0n) is 9.23. The number of hydrogen-bond donors (Lipinski definition) is 1. The second-order valence-corrected chi connectivity index (χ2v) is 4.34.